The first kappa shape index (κ1) is 22.9. The van der Waals surface area contributed by atoms with Crippen LogP contribution in [0.2, 0.25) is 0 Å². The molecule has 0 aliphatic carbocycles. The first-order chi connectivity index (χ1) is 14.8. The van der Waals surface area contributed by atoms with Gasteiger partial charge in [0.25, 0.3) is 10.0 Å². The molecule has 0 spiro atoms. The molecule has 0 saturated heterocycles. The Morgan fingerprint density at radius 2 is 1.81 bits per heavy atom. The van der Waals surface area contributed by atoms with E-state index in [2.05, 4.69) is 27.2 Å². The van der Waals surface area contributed by atoms with E-state index in [0.717, 1.165) is 36.3 Å². The van der Waals surface area contributed by atoms with Crippen molar-refractivity contribution >= 4 is 32.4 Å². The summed E-state index contributed by atoms with van der Waals surface area (Å²) >= 11 is 1.14. The molecule has 1 aromatic heterocycles. The molecule has 0 aliphatic heterocycles. The molecule has 9 heteroatoms. The maximum atomic E-state index is 13.0. The van der Waals surface area contributed by atoms with Crippen molar-refractivity contribution in [3.8, 4) is 0 Å². The number of halogens is 1. The second kappa shape index (κ2) is 10.5. The van der Waals surface area contributed by atoms with Gasteiger partial charge in [-0.2, -0.15) is 0 Å². The summed E-state index contributed by atoms with van der Waals surface area (Å²) in [7, 11) is -3.84. The number of sulfonamides is 1. The predicted octanol–water partition coefficient (Wildman–Crippen LogP) is 4.15. The van der Waals surface area contributed by atoms with E-state index in [9.17, 15) is 17.6 Å². The number of amides is 1. The number of anilines is 1. The second-order valence-corrected chi connectivity index (χ2v) is 9.74. The van der Waals surface area contributed by atoms with Gasteiger partial charge in [-0.05, 0) is 56.0 Å². The van der Waals surface area contributed by atoms with Gasteiger partial charge in [-0.1, -0.05) is 30.3 Å². The summed E-state index contributed by atoms with van der Waals surface area (Å²) in [6.45, 7) is 1.98. The average molecular weight is 462 g/mol. The molecular weight excluding hydrogens is 437 g/mol. The van der Waals surface area contributed by atoms with Gasteiger partial charge in [-0.3, -0.25) is 9.52 Å². The van der Waals surface area contributed by atoms with Crippen LogP contribution >= 0.6 is 11.3 Å². The van der Waals surface area contributed by atoms with E-state index in [-0.39, 0.29) is 28.4 Å². The summed E-state index contributed by atoms with van der Waals surface area (Å²) < 4.78 is 40.1. The molecule has 0 fully saturated rings. The second-order valence-electron chi connectivity index (χ2n) is 7.20. The van der Waals surface area contributed by atoms with Crippen molar-refractivity contribution in [3.05, 3.63) is 77.1 Å². The van der Waals surface area contributed by atoms with Crippen molar-refractivity contribution in [1.29, 1.82) is 0 Å². The van der Waals surface area contributed by atoms with Crippen LogP contribution in [-0.4, -0.2) is 25.4 Å². The smallest absolute Gasteiger partial charge is 0.263 e. The van der Waals surface area contributed by atoms with Crippen molar-refractivity contribution in [1.82, 2.24) is 10.3 Å². The summed E-state index contributed by atoms with van der Waals surface area (Å²) in [5.41, 5.74) is 1.87. The summed E-state index contributed by atoms with van der Waals surface area (Å²) in [6, 6.07) is 14.7. The van der Waals surface area contributed by atoms with Crippen LogP contribution in [0.15, 0.2) is 64.9 Å². The van der Waals surface area contributed by atoms with Crippen molar-refractivity contribution in [2.24, 2.45) is 0 Å². The number of hydrogen-bond acceptors (Lipinski definition) is 5. The maximum Gasteiger partial charge on any atom is 0.263 e. The molecule has 0 radical (unpaired) electrons. The molecule has 164 valence electrons. The summed E-state index contributed by atoms with van der Waals surface area (Å²) in [6.07, 6.45) is 2.42. The summed E-state index contributed by atoms with van der Waals surface area (Å²) in [5.74, 6) is -0.579. The highest BCUT2D eigenvalue weighted by molar-refractivity contribution is 7.93. The predicted molar refractivity (Wildman–Crippen MR) is 120 cm³/mol. The number of aromatic nitrogens is 1. The van der Waals surface area contributed by atoms with E-state index in [1.807, 2.05) is 25.1 Å². The Hall–Kier alpha value is -2.78. The molecule has 2 N–H and O–H groups in total. The monoisotopic (exact) mass is 461 g/mol. The minimum Gasteiger partial charge on any atom is -0.354 e. The zero-order valence-corrected chi connectivity index (χ0v) is 18.7. The van der Waals surface area contributed by atoms with E-state index >= 15 is 0 Å². The van der Waals surface area contributed by atoms with Crippen LogP contribution in [0.5, 0.6) is 0 Å². The van der Waals surface area contributed by atoms with E-state index in [1.165, 1.54) is 17.7 Å². The standard InChI is InChI=1S/C22H24FN3O3S2/c1-16(7-8-17-5-3-2-4-6-17)24-21(27)14-11-19-15-30-22(25-19)26-31(28,29)20-12-9-18(23)10-13-20/h2-6,9-10,12-13,15-16H,7-8,11,14H2,1H3,(H,24,27)(H,25,26). The SMILES string of the molecule is CC(CCc1ccccc1)NC(=O)CCc1csc(NS(=O)(=O)c2ccc(F)cc2)n1. The molecule has 6 nitrogen and oxygen atoms in total. The minimum absolute atomic E-state index is 0.0467. The molecule has 1 heterocycles. The van der Waals surface area contributed by atoms with Gasteiger partial charge in [0.05, 0.1) is 10.6 Å². The van der Waals surface area contributed by atoms with Crippen LogP contribution in [0.25, 0.3) is 0 Å². The Morgan fingerprint density at radius 3 is 2.52 bits per heavy atom. The Morgan fingerprint density at radius 1 is 1.10 bits per heavy atom. The van der Waals surface area contributed by atoms with Crippen LogP contribution in [0.4, 0.5) is 9.52 Å². The van der Waals surface area contributed by atoms with Crippen LogP contribution in [0.3, 0.4) is 0 Å². The van der Waals surface area contributed by atoms with Crippen LogP contribution in [0.1, 0.15) is 31.0 Å². The van der Waals surface area contributed by atoms with Gasteiger partial charge < -0.3 is 5.32 Å². The molecule has 3 rings (SSSR count). The number of aryl methyl sites for hydroxylation is 2. The van der Waals surface area contributed by atoms with Crippen LogP contribution < -0.4 is 10.0 Å². The number of nitrogens with zero attached hydrogens (tertiary/aromatic N) is 1. The highest BCUT2D eigenvalue weighted by Gasteiger charge is 2.16. The van der Waals surface area contributed by atoms with Gasteiger partial charge in [0.15, 0.2) is 5.13 Å². The molecule has 1 atom stereocenters. The van der Waals surface area contributed by atoms with Crippen LogP contribution in [-0.2, 0) is 27.7 Å². The fraction of sp³-hybridized carbons (Fsp3) is 0.273. The number of carbonyl (C=O) groups excluding carboxylic acids is 1. The lowest BCUT2D eigenvalue weighted by atomic mass is 10.1. The lowest BCUT2D eigenvalue weighted by Gasteiger charge is -2.13. The van der Waals surface area contributed by atoms with E-state index in [1.54, 1.807) is 5.38 Å². The summed E-state index contributed by atoms with van der Waals surface area (Å²) in [4.78, 5) is 16.4. The van der Waals surface area contributed by atoms with Gasteiger partial charge >= 0.3 is 0 Å². The van der Waals surface area contributed by atoms with E-state index < -0.39 is 15.8 Å². The molecule has 2 aromatic carbocycles. The van der Waals surface area contributed by atoms with Gasteiger partial charge in [0, 0.05) is 17.8 Å². The van der Waals surface area contributed by atoms with E-state index in [0.29, 0.717) is 12.1 Å². The first-order valence-corrected chi connectivity index (χ1v) is 12.2. The molecule has 0 bridgehead atoms. The normalized spacial score (nSPS) is 12.3. The highest BCUT2D eigenvalue weighted by Crippen LogP contribution is 2.21. The molecule has 31 heavy (non-hydrogen) atoms. The van der Waals surface area contributed by atoms with Crippen molar-refractivity contribution in [2.75, 3.05) is 4.72 Å². The lowest BCUT2D eigenvalue weighted by molar-refractivity contribution is -0.121. The Labute approximate surface area is 185 Å². The fourth-order valence-electron chi connectivity index (χ4n) is 2.94. The Balaban J connectivity index is 1.45. The zero-order chi connectivity index (χ0) is 22.3. The minimum atomic E-state index is -3.84. The third-order valence-electron chi connectivity index (χ3n) is 4.62. The quantitative estimate of drug-likeness (QED) is 0.475. The van der Waals surface area contributed by atoms with Gasteiger partial charge in [0.1, 0.15) is 5.82 Å². The number of hydrogen-bond donors (Lipinski definition) is 2. The van der Waals surface area contributed by atoms with Crippen LogP contribution in [0, 0.1) is 5.82 Å². The highest BCUT2D eigenvalue weighted by atomic mass is 32.2. The number of carbonyl (C=O) groups is 1. The molecule has 0 aliphatic rings. The molecule has 1 unspecified atom stereocenters. The molecule has 3 aromatic rings. The third kappa shape index (κ3) is 7.15. The van der Waals surface area contributed by atoms with Crippen molar-refractivity contribution in [2.45, 2.75) is 43.5 Å². The number of thiazole rings is 1. The molecule has 0 saturated carbocycles. The molecular formula is C22H24FN3O3S2. The third-order valence-corrected chi connectivity index (χ3v) is 6.91. The topological polar surface area (TPSA) is 88.2 Å². The van der Waals surface area contributed by atoms with Crippen molar-refractivity contribution < 1.29 is 17.6 Å². The molecule has 1 amide bonds. The largest absolute Gasteiger partial charge is 0.354 e. The van der Waals surface area contributed by atoms with Gasteiger partial charge in [-0.25, -0.2) is 17.8 Å². The Kier molecular flexibility index (Phi) is 7.75. The fourth-order valence-corrected chi connectivity index (χ4v) is 4.94. The lowest BCUT2D eigenvalue weighted by Crippen LogP contribution is -2.33. The zero-order valence-electron chi connectivity index (χ0n) is 17.0. The van der Waals surface area contributed by atoms with E-state index in [4.69, 9.17) is 0 Å². The number of rotatable bonds is 10. The van der Waals surface area contributed by atoms with Gasteiger partial charge in [0.2, 0.25) is 5.91 Å². The average Bonchev–Trinajstić information content (AvgIpc) is 3.18. The Bertz CT molecular complexity index is 1100. The number of nitrogens with one attached hydrogen (secondary N) is 2. The number of benzene rings is 2. The maximum absolute atomic E-state index is 13.0. The summed E-state index contributed by atoms with van der Waals surface area (Å²) in [5, 5.41) is 4.91. The van der Waals surface area contributed by atoms with Gasteiger partial charge in [-0.15, -0.1) is 11.3 Å². The van der Waals surface area contributed by atoms with Crippen molar-refractivity contribution in [3.63, 3.8) is 0 Å². The first-order valence-electron chi connectivity index (χ1n) is 9.88.